The van der Waals surface area contributed by atoms with Gasteiger partial charge in [-0.25, -0.2) is 8.42 Å². The second-order valence-electron chi connectivity index (χ2n) is 7.35. The molecule has 1 aliphatic heterocycles. The van der Waals surface area contributed by atoms with E-state index in [0.29, 0.717) is 11.3 Å². The van der Waals surface area contributed by atoms with Crippen molar-refractivity contribution in [1.29, 1.82) is 0 Å². The van der Waals surface area contributed by atoms with Crippen molar-refractivity contribution >= 4 is 27.5 Å². The summed E-state index contributed by atoms with van der Waals surface area (Å²) in [5.41, 5.74) is 0.859. The van der Waals surface area contributed by atoms with Crippen molar-refractivity contribution in [3.05, 3.63) is 29.8 Å². The maximum atomic E-state index is 12.9. The Bertz CT molecular complexity index is 700. The molecule has 0 bridgehead atoms. The number of sulfone groups is 1. The summed E-state index contributed by atoms with van der Waals surface area (Å²) in [5, 5.41) is -0.448. The quantitative estimate of drug-likeness (QED) is 0.736. The zero-order chi connectivity index (χ0) is 19.3. The molecular weight excluding hydrogens is 368 g/mol. The van der Waals surface area contributed by atoms with Gasteiger partial charge in [0.15, 0.2) is 9.84 Å². The highest BCUT2D eigenvalue weighted by Crippen LogP contribution is 2.20. The zero-order valence-corrected chi connectivity index (χ0v) is 17.8. The fourth-order valence-corrected chi connectivity index (χ4v) is 5.19. The first-order chi connectivity index (χ1) is 12.2. The number of hydrogen-bond acceptors (Lipinski definition) is 5. The fourth-order valence-electron chi connectivity index (χ4n) is 3.08. The minimum Gasteiger partial charge on any atom is -0.337 e. The second kappa shape index (κ2) is 9.24. The van der Waals surface area contributed by atoms with Crippen LogP contribution in [0.3, 0.4) is 0 Å². The molecule has 0 N–H and O–H groups in total. The monoisotopic (exact) mass is 398 g/mol. The summed E-state index contributed by atoms with van der Waals surface area (Å²) in [6, 6.07) is 6.99. The highest BCUT2D eigenvalue weighted by molar-refractivity contribution is 7.99. The zero-order valence-electron chi connectivity index (χ0n) is 16.1. The van der Waals surface area contributed by atoms with Crippen LogP contribution < -0.4 is 0 Å². The van der Waals surface area contributed by atoms with Crippen LogP contribution in [0.15, 0.2) is 29.2 Å². The Labute approximate surface area is 162 Å². The Morgan fingerprint density at radius 2 is 1.92 bits per heavy atom. The van der Waals surface area contributed by atoms with Gasteiger partial charge in [-0.15, -0.1) is 0 Å². The van der Waals surface area contributed by atoms with E-state index in [9.17, 15) is 13.2 Å². The molecule has 0 saturated carbocycles. The fraction of sp³-hybridized carbons (Fsp3) is 0.632. The second-order valence-corrected chi connectivity index (χ2v) is 11.0. The maximum absolute atomic E-state index is 12.9. The van der Waals surface area contributed by atoms with E-state index >= 15 is 0 Å². The first kappa shape index (κ1) is 21.3. The smallest absolute Gasteiger partial charge is 0.227 e. The Balaban J connectivity index is 2.10. The van der Waals surface area contributed by atoms with E-state index < -0.39 is 15.1 Å². The lowest BCUT2D eigenvalue weighted by Gasteiger charge is -2.32. The van der Waals surface area contributed by atoms with Gasteiger partial charge in [0, 0.05) is 18.8 Å². The largest absolute Gasteiger partial charge is 0.337 e. The molecule has 1 aliphatic rings. The number of carbonyl (C=O) groups excluding carboxylic acids is 1. The van der Waals surface area contributed by atoms with Gasteiger partial charge >= 0.3 is 0 Å². The van der Waals surface area contributed by atoms with Gasteiger partial charge in [-0.05, 0) is 57.8 Å². The summed E-state index contributed by atoms with van der Waals surface area (Å²) >= 11 is 1.91. The average molecular weight is 399 g/mol. The third-order valence-electron chi connectivity index (χ3n) is 4.56. The van der Waals surface area contributed by atoms with E-state index in [1.165, 1.54) is 0 Å². The molecule has 5 nitrogen and oxygen atoms in total. The first-order valence-electron chi connectivity index (χ1n) is 9.06. The van der Waals surface area contributed by atoms with E-state index in [4.69, 9.17) is 0 Å². The third kappa shape index (κ3) is 5.47. The van der Waals surface area contributed by atoms with Crippen molar-refractivity contribution in [3.8, 4) is 0 Å². The van der Waals surface area contributed by atoms with Gasteiger partial charge in [0.2, 0.25) is 5.91 Å². The highest BCUT2D eigenvalue weighted by atomic mass is 32.2. The molecule has 1 aromatic rings. The molecule has 7 heteroatoms. The van der Waals surface area contributed by atoms with Gasteiger partial charge in [-0.3, -0.25) is 4.79 Å². The van der Waals surface area contributed by atoms with E-state index in [1.807, 2.05) is 30.8 Å². The number of thioether (sulfide) groups is 1. The molecule has 146 valence electrons. The summed E-state index contributed by atoms with van der Waals surface area (Å²) in [4.78, 5) is 17.3. The first-order valence-corrected chi connectivity index (χ1v) is 11.8. The van der Waals surface area contributed by atoms with E-state index in [1.54, 1.807) is 38.1 Å². The van der Waals surface area contributed by atoms with Crippen LogP contribution in [-0.2, 0) is 21.1 Å². The Kier molecular flexibility index (Phi) is 7.55. The van der Waals surface area contributed by atoms with Gasteiger partial charge in [0.1, 0.15) is 0 Å². The number of carbonyl (C=O) groups is 1. The summed E-state index contributed by atoms with van der Waals surface area (Å²) in [6.45, 7) is 5.01. The number of benzene rings is 1. The van der Waals surface area contributed by atoms with Crippen molar-refractivity contribution in [1.82, 2.24) is 9.80 Å². The van der Waals surface area contributed by atoms with Gasteiger partial charge in [-0.2, -0.15) is 11.8 Å². The standard InChI is InChI=1S/C19H30N2O3S2/c1-15(2)26(23,24)18-8-6-16(7-9-18)12-19(22)21-10-5-11-25-14-17(21)13-20(3)4/h6-9,15,17H,5,10-14H2,1-4H3/t17-/m0/s1. The van der Waals surface area contributed by atoms with Crippen LogP contribution >= 0.6 is 11.8 Å². The Morgan fingerprint density at radius 3 is 2.50 bits per heavy atom. The normalized spacial score (nSPS) is 19.0. The number of nitrogens with zero attached hydrogens (tertiary/aromatic N) is 2. The van der Waals surface area contributed by atoms with Gasteiger partial charge in [0.05, 0.1) is 22.6 Å². The van der Waals surface area contributed by atoms with Crippen molar-refractivity contribution in [2.45, 2.75) is 42.9 Å². The molecule has 2 rings (SSSR count). The topological polar surface area (TPSA) is 57.7 Å². The van der Waals surface area contributed by atoms with Crippen LogP contribution in [0, 0.1) is 0 Å². The van der Waals surface area contributed by atoms with Gasteiger partial charge in [0.25, 0.3) is 0 Å². The molecule has 0 aliphatic carbocycles. The average Bonchev–Trinajstić information content (AvgIpc) is 2.80. The lowest BCUT2D eigenvalue weighted by atomic mass is 10.1. The Morgan fingerprint density at radius 1 is 1.27 bits per heavy atom. The molecular formula is C19H30N2O3S2. The molecule has 0 spiro atoms. The van der Waals surface area contributed by atoms with Crippen molar-refractivity contribution in [2.75, 3.05) is 38.7 Å². The highest BCUT2D eigenvalue weighted by Gasteiger charge is 2.26. The van der Waals surface area contributed by atoms with E-state index in [2.05, 4.69) is 4.90 Å². The minimum absolute atomic E-state index is 0.124. The summed E-state index contributed by atoms with van der Waals surface area (Å²) in [6.07, 6.45) is 1.34. The van der Waals surface area contributed by atoms with Crippen LogP contribution in [0.4, 0.5) is 0 Å². The third-order valence-corrected chi connectivity index (χ3v) is 7.93. The van der Waals surface area contributed by atoms with Gasteiger partial charge < -0.3 is 9.80 Å². The molecule has 0 unspecified atom stereocenters. The van der Waals surface area contributed by atoms with Gasteiger partial charge in [-0.1, -0.05) is 12.1 Å². The summed E-state index contributed by atoms with van der Waals surface area (Å²) < 4.78 is 24.4. The number of rotatable bonds is 6. The van der Waals surface area contributed by atoms with Crippen LogP contribution in [0.2, 0.25) is 0 Å². The molecule has 26 heavy (non-hydrogen) atoms. The van der Waals surface area contributed by atoms with Crippen molar-refractivity contribution in [2.24, 2.45) is 0 Å². The number of hydrogen-bond donors (Lipinski definition) is 0. The number of likely N-dealkylation sites (N-methyl/N-ethyl adjacent to an activating group) is 1. The van der Waals surface area contributed by atoms with Crippen molar-refractivity contribution in [3.63, 3.8) is 0 Å². The van der Waals surface area contributed by atoms with Crippen molar-refractivity contribution < 1.29 is 13.2 Å². The lowest BCUT2D eigenvalue weighted by Crippen LogP contribution is -2.47. The predicted octanol–water partition coefficient (Wildman–Crippen LogP) is 2.31. The van der Waals surface area contributed by atoms with Crippen LogP contribution in [0.25, 0.3) is 0 Å². The molecule has 1 heterocycles. The summed E-state index contributed by atoms with van der Waals surface area (Å²) in [5.74, 6) is 2.18. The SMILES string of the molecule is CC(C)S(=O)(=O)c1ccc(CC(=O)N2CCCSC[C@@H]2CN(C)C)cc1. The molecule has 1 amide bonds. The molecule has 1 saturated heterocycles. The molecule has 1 aromatic carbocycles. The summed E-state index contributed by atoms with van der Waals surface area (Å²) in [7, 11) is 0.794. The molecule has 1 fully saturated rings. The molecule has 1 atom stereocenters. The number of amides is 1. The molecule has 0 aromatic heterocycles. The van der Waals surface area contributed by atoms with Crippen LogP contribution in [0.1, 0.15) is 25.8 Å². The predicted molar refractivity (Wildman–Crippen MR) is 108 cm³/mol. The van der Waals surface area contributed by atoms with E-state index in [-0.39, 0.29) is 11.9 Å². The van der Waals surface area contributed by atoms with Crippen LogP contribution in [0.5, 0.6) is 0 Å². The lowest BCUT2D eigenvalue weighted by molar-refractivity contribution is -0.132. The Hall–Kier alpha value is -1.05. The van der Waals surface area contributed by atoms with Crippen LogP contribution in [-0.4, -0.2) is 74.1 Å². The minimum atomic E-state index is -3.27. The molecule has 0 radical (unpaired) electrons. The maximum Gasteiger partial charge on any atom is 0.227 e. The van der Waals surface area contributed by atoms with E-state index in [0.717, 1.165) is 36.6 Å².